The number of hydrogen-bond donors (Lipinski definition) is 0. The van der Waals surface area contributed by atoms with Gasteiger partial charge in [0.15, 0.2) is 6.61 Å². The number of methoxy groups -OCH3 is 1. The topological polar surface area (TPSA) is 61.8 Å². The van der Waals surface area contributed by atoms with Crippen molar-refractivity contribution >= 4 is 11.9 Å². The number of benzene rings is 1. The Hall–Kier alpha value is -2.48. The van der Waals surface area contributed by atoms with E-state index < -0.39 is 11.9 Å². The first kappa shape index (κ1) is 18.6. The van der Waals surface area contributed by atoms with E-state index in [0.29, 0.717) is 6.61 Å². The molecule has 5 nitrogen and oxygen atoms in total. The molecule has 0 N–H and O–H groups in total. The lowest BCUT2D eigenvalue weighted by molar-refractivity contribution is -0.145. The maximum absolute atomic E-state index is 12.3. The van der Waals surface area contributed by atoms with E-state index in [1.54, 1.807) is 0 Å². The number of esters is 2. The summed E-state index contributed by atoms with van der Waals surface area (Å²) in [5.74, 6) is 4.06. The van der Waals surface area contributed by atoms with E-state index in [-0.39, 0.29) is 18.5 Å². The van der Waals surface area contributed by atoms with Crippen LogP contribution in [-0.4, -0.2) is 32.3 Å². The molecule has 5 heteroatoms. The van der Waals surface area contributed by atoms with Crippen LogP contribution in [-0.2, 0) is 19.1 Å². The van der Waals surface area contributed by atoms with E-state index in [2.05, 4.69) is 16.6 Å². The molecule has 0 aromatic heterocycles. The molecular formula is C18H22O5. The van der Waals surface area contributed by atoms with Crippen LogP contribution in [0.25, 0.3) is 0 Å². The van der Waals surface area contributed by atoms with E-state index >= 15 is 0 Å². The van der Waals surface area contributed by atoms with Gasteiger partial charge in [0.1, 0.15) is 5.75 Å². The van der Waals surface area contributed by atoms with E-state index in [9.17, 15) is 9.59 Å². The average molecular weight is 318 g/mol. The van der Waals surface area contributed by atoms with Gasteiger partial charge in [0.25, 0.3) is 0 Å². The first-order valence-corrected chi connectivity index (χ1v) is 7.45. The Balaban J connectivity index is 2.74. The molecule has 1 aromatic carbocycles. The van der Waals surface area contributed by atoms with Crippen molar-refractivity contribution in [3.8, 4) is 17.6 Å². The van der Waals surface area contributed by atoms with Crippen LogP contribution < -0.4 is 4.74 Å². The Bertz CT molecular complexity index is 578. The van der Waals surface area contributed by atoms with Gasteiger partial charge in [-0.15, -0.1) is 0 Å². The SMILES string of the molecule is CCOc1ccc(C(C(=O)OCC#CC(=O)OC)C(C)C)cc1. The summed E-state index contributed by atoms with van der Waals surface area (Å²) in [6.45, 7) is 6.25. The fraction of sp³-hybridized carbons (Fsp3) is 0.444. The number of rotatable bonds is 6. The summed E-state index contributed by atoms with van der Waals surface area (Å²) in [6, 6.07) is 7.38. The first-order valence-electron chi connectivity index (χ1n) is 7.45. The van der Waals surface area contributed by atoms with Crippen LogP contribution in [0.4, 0.5) is 0 Å². The first-order chi connectivity index (χ1) is 11.0. The summed E-state index contributed by atoms with van der Waals surface area (Å²) in [6.07, 6.45) is 0. The largest absolute Gasteiger partial charge is 0.494 e. The van der Waals surface area contributed by atoms with E-state index in [1.807, 2.05) is 45.0 Å². The molecule has 124 valence electrons. The molecule has 0 saturated carbocycles. The van der Waals surface area contributed by atoms with Gasteiger partial charge in [0.2, 0.25) is 0 Å². The van der Waals surface area contributed by atoms with Crippen molar-refractivity contribution in [1.29, 1.82) is 0 Å². The standard InChI is InChI=1S/C18H22O5/c1-5-22-15-10-8-14(9-11-15)17(13(2)3)18(20)23-12-6-7-16(19)21-4/h8-11,13,17H,5,12H2,1-4H3. The molecular weight excluding hydrogens is 296 g/mol. The molecule has 0 aliphatic heterocycles. The molecule has 1 atom stereocenters. The molecule has 0 aliphatic carbocycles. The molecule has 1 unspecified atom stereocenters. The molecule has 1 aromatic rings. The maximum atomic E-state index is 12.3. The quantitative estimate of drug-likeness (QED) is 0.458. The van der Waals surface area contributed by atoms with E-state index in [4.69, 9.17) is 9.47 Å². The highest BCUT2D eigenvalue weighted by molar-refractivity contribution is 5.88. The maximum Gasteiger partial charge on any atom is 0.384 e. The Kier molecular flexibility index (Phi) is 7.69. The molecule has 0 aliphatic rings. The summed E-state index contributed by atoms with van der Waals surface area (Å²) in [5.41, 5.74) is 0.856. The van der Waals surface area contributed by atoms with Crippen molar-refractivity contribution in [2.75, 3.05) is 20.3 Å². The Morgan fingerprint density at radius 1 is 1.17 bits per heavy atom. The highest BCUT2D eigenvalue weighted by atomic mass is 16.5. The fourth-order valence-electron chi connectivity index (χ4n) is 2.09. The second kappa shape index (κ2) is 9.52. The molecule has 0 heterocycles. The normalized spacial score (nSPS) is 11.2. The predicted molar refractivity (Wildman–Crippen MR) is 85.9 cm³/mol. The van der Waals surface area contributed by atoms with Gasteiger partial charge >= 0.3 is 11.9 Å². The Labute approximate surface area is 136 Å². The second-order valence-electron chi connectivity index (χ2n) is 5.12. The lowest BCUT2D eigenvalue weighted by atomic mass is 9.88. The zero-order chi connectivity index (χ0) is 17.2. The minimum Gasteiger partial charge on any atom is -0.494 e. The fourth-order valence-corrected chi connectivity index (χ4v) is 2.09. The summed E-state index contributed by atoms with van der Waals surface area (Å²) >= 11 is 0. The van der Waals surface area contributed by atoms with Gasteiger partial charge in [-0.1, -0.05) is 26.0 Å². The van der Waals surface area contributed by atoms with Crippen LogP contribution in [0.5, 0.6) is 5.75 Å². The Morgan fingerprint density at radius 2 is 1.83 bits per heavy atom. The van der Waals surface area contributed by atoms with Crippen LogP contribution >= 0.6 is 0 Å². The minimum absolute atomic E-state index is 0.0639. The van der Waals surface area contributed by atoms with Gasteiger partial charge in [0.05, 0.1) is 19.6 Å². The zero-order valence-electron chi connectivity index (χ0n) is 13.9. The zero-order valence-corrected chi connectivity index (χ0v) is 13.9. The van der Waals surface area contributed by atoms with Crippen LogP contribution in [0.1, 0.15) is 32.3 Å². The van der Waals surface area contributed by atoms with Crippen LogP contribution in [0, 0.1) is 17.8 Å². The van der Waals surface area contributed by atoms with Crippen molar-refractivity contribution in [2.24, 2.45) is 5.92 Å². The molecule has 0 amide bonds. The van der Waals surface area contributed by atoms with Crippen molar-refractivity contribution in [2.45, 2.75) is 26.7 Å². The highest BCUT2D eigenvalue weighted by Gasteiger charge is 2.25. The number of carbonyl (C=O) groups is 2. The predicted octanol–water partition coefficient (Wildman–Crippen LogP) is 2.54. The number of carbonyl (C=O) groups excluding carboxylic acids is 2. The van der Waals surface area contributed by atoms with Gasteiger partial charge in [-0.25, -0.2) is 4.79 Å². The Morgan fingerprint density at radius 3 is 2.35 bits per heavy atom. The van der Waals surface area contributed by atoms with Gasteiger partial charge in [-0.3, -0.25) is 4.79 Å². The number of ether oxygens (including phenoxy) is 3. The molecule has 0 radical (unpaired) electrons. The summed E-state index contributed by atoms with van der Waals surface area (Å²) in [7, 11) is 1.24. The third-order valence-electron chi connectivity index (χ3n) is 3.13. The monoisotopic (exact) mass is 318 g/mol. The number of hydrogen-bond acceptors (Lipinski definition) is 5. The average Bonchev–Trinajstić information content (AvgIpc) is 2.53. The van der Waals surface area contributed by atoms with Gasteiger partial charge in [-0.05, 0) is 36.5 Å². The molecule has 1 rings (SSSR count). The molecule has 0 saturated heterocycles. The lowest BCUT2D eigenvalue weighted by Gasteiger charge is -2.19. The molecule has 0 spiro atoms. The van der Waals surface area contributed by atoms with Crippen molar-refractivity contribution in [1.82, 2.24) is 0 Å². The summed E-state index contributed by atoms with van der Waals surface area (Å²) < 4.78 is 14.9. The van der Waals surface area contributed by atoms with Crippen molar-refractivity contribution in [3.63, 3.8) is 0 Å². The molecule has 0 bridgehead atoms. The van der Waals surface area contributed by atoms with Gasteiger partial charge in [-0.2, -0.15) is 0 Å². The van der Waals surface area contributed by atoms with Crippen molar-refractivity contribution in [3.05, 3.63) is 29.8 Å². The smallest absolute Gasteiger partial charge is 0.384 e. The van der Waals surface area contributed by atoms with Crippen LogP contribution in [0.15, 0.2) is 24.3 Å². The lowest BCUT2D eigenvalue weighted by Crippen LogP contribution is -2.21. The van der Waals surface area contributed by atoms with E-state index in [0.717, 1.165) is 11.3 Å². The summed E-state index contributed by atoms with van der Waals surface area (Å²) in [4.78, 5) is 23.1. The van der Waals surface area contributed by atoms with Gasteiger partial charge in [0, 0.05) is 5.92 Å². The third-order valence-corrected chi connectivity index (χ3v) is 3.13. The summed E-state index contributed by atoms with van der Waals surface area (Å²) in [5, 5.41) is 0. The third kappa shape index (κ3) is 6.03. The minimum atomic E-state index is -0.659. The van der Waals surface area contributed by atoms with Gasteiger partial charge < -0.3 is 14.2 Å². The molecule has 23 heavy (non-hydrogen) atoms. The van der Waals surface area contributed by atoms with Crippen LogP contribution in [0.3, 0.4) is 0 Å². The highest BCUT2D eigenvalue weighted by Crippen LogP contribution is 2.27. The van der Waals surface area contributed by atoms with Crippen LogP contribution in [0.2, 0.25) is 0 Å². The molecule has 0 fully saturated rings. The second-order valence-corrected chi connectivity index (χ2v) is 5.12. The van der Waals surface area contributed by atoms with Crippen molar-refractivity contribution < 1.29 is 23.8 Å². The van der Waals surface area contributed by atoms with E-state index in [1.165, 1.54) is 7.11 Å².